The molecule has 2 aromatic rings. The quantitative estimate of drug-likeness (QED) is 0.906. The van der Waals surface area contributed by atoms with Gasteiger partial charge in [0.15, 0.2) is 0 Å². The molecule has 0 spiro atoms. The summed E-state index contributed by atoms with van der Waals surface area (Å²) in [5, 5.41) is 12.1. The van der Waals surface area contributed by atoms with E-state index in [0.717, 1.165) is 10.7 Å². The van der Waals surface area contributed by atoms with Gasteiger partial charge in [0, 0.05) is 25.2 Å². The lowest BCUT2D eigenvalue weighted by molar-refractivity contribution is 0.0698. The number of nitrogens with zero attached hydrogens (tertiary/aromatic N) is 2. The number of anilines is 2. The van der Waals surface area contributed by atoms with E-state index in [0.29, 0.717) is 10.6 Å². The molecule has 0 fully saturated rings. The van der Waals surface area contributed by atoms with E-state index in [1.54, 1.807) is 19.1 Å². The Kier molecular flexibility index (Phi) is 4.23. The van der Waals surface area contributed by atoms with Crippen LogP contribution in [0.15, 0.2) is 24.4 Å². The minimum Gasteiger partial charge on any atom is -0.478 e. The molecule has 0 saturated carbocycles. The number of carbonyl (C=O) groups excluding carboxylic acids is 1. The molecule has 6 nitrogen and oxygen atoms in total. The zero-order valence-electron chi connectivity index (χ0n) is 11.9. The Morgan fingerprint density at radius 1 is 1.33 bits per heavy atom. The van der Waals surface area contributed by atoms with E-state index in [2.05, 4.69) is 10.3 Å². The number of rotatable bonds is 4. The van der Waals surface area contributed by atoms with Crippen LogP contribution in [0.25, 0.3) is 0 Å². The predicted octanol–water partition coefficient (Wildman–Crippen LogP) is 2.47. The first kappa shape index (κ1) is 15.0. The third kappa shape index (κ3) is 3.38. The second-order valence-electron chi connectivity index (χ2n) is 4.66. The Balaban J connectivity index is 2.20. The van der Waals surface area contributed by atoms with E-state index < -0.39 is 5.97 Å². The van der Waals surface area contributed by atoms with Crippen molar-refractivity contribution < 1.29 is 14.7 Å². The van der Waals surface area contributed by atoms with Crippen molar-refractivity contribution in [1.82, 2.24) is 4.98 Å². The van der Waals surface area contributed by atoms with Crippen LogP contribution in [0.5, 0.6) is 0 Å². The summed E-state index contributed by atoms with van der Waals surface area (Å²) in [5.41, 5.74) is 0.478. The van der Waals surface area contributed by atoms with Gasteiger partial charge in [-0.15, -0.1) is 11.3 Å². The summed E-state index contributed by atoms with van der Waals surface area (Å²) in [6, 6.07) is 4.92. The number of nitrogens with one attached hydrogen (secondary N) is 1. The van der Waals surface area contributed by atoms with Gasteiger partial charge in [-0.2, -0.15) is 0 Å². The van der Waals surface area contributed by atoms with Crippen LogP contribution in [0.1, 0.15) is 25.6 Å². The number of hydrogen-bond acceptors (Lipinski definition) is 5. The van der Waals surface area contributed by atoms with Gasteiger partial charge >= 0.3 is 5.97 Å². The van der Waals surface area contributed by atoms with E-state index in [4.69, 9.17) is 5.11 Å². The molecule has 2 N–H and O–H groups in total. The topological polar surface area (TPSA) is 82.5 Å². The average molecular weight is 305 g/mol. The van der Waals surface area contributed by atoms with Crippen molar-refractivity contribution in [2.45, 2.75) is 6.92 Å². The number of carbonyl (C=O) groups is 2. The van der Waals surface area contributed by atoms with Gasteiger partial charge in [0.2, 0.25) is 0 Å². The maximum Gasteiger partial charge on any atom is 0.338 e. The van der Waals surface area contributed by atoms with Gasteiger partial charge in [0.05, 0.1) is 11.1 Å². The Labute approximate surface area is 126 Å². The van der Waals surface area contributed by atoms with Crippen LogP contribution in [0.3, 0.4) is 0 Å². The molecular weight excluding hydrogens is 290 g/mol. The number of carboxylic acid groups (broad SMARTS) is 1. The van der Waals surface area contributed by atoms with Gasteiger partial charge in [-0.1, -0.05) is 0 Å². The number of aromatic carboxylic acids is 1. The molecule has 0 aliphatic carbocycles. The monoisotopic (exact) mass is 305 g/mol. The third-order valence-corrected chi connectivity index (χ3v) is 3.75. The van der Waals surface area contributed by atoms with Gasteiger partial charge in [0.25, 0.3) is 5.91 Å². The number of hydrogen-bond donors (Lipinski definition) is 2. The lowest BCUT2D eigenvalue weighted by atomic mass is 10.2. The number of thiophene rings is 1. The van der Waals surface area contributed by atoms with E-state index in [-0.39, 0.29) is 11.5 Å². The Morgan fingerprint density at radius 3 is 2.57 bits per heavy atom. The zero-order valence-corrected chi connectivity index (χ0v) is 12.7. The molecule has 1 amide bonds. The van der Waals surface area contributed by atoms with Crippen molar-refractivity contribution in [3.8, 4) is 0 Å². The highest BCUT2D eigenvalue weighted by Gasteiger charge is 2.17. The molecule has 0 aliphatic rings. The predicted molar refractivity (Wildman–Crippen MR) is 82.5 cm³/mol. The molecule has 21 heavy (non-hydrogen) atoms. The second-order valence-corrected chi connectivity index (χ2v) is 5.91. The van der Waals surface area contributed by atoms with Crippen molar-refractivity contribution in [3.63, 3.8) is 0 Å². The highest BCUT2D eigenvalue weighted by atomic mass is 32.1. The van der Waals surface area contributed by atoms with Crippen LogP contribution < -0.4 is 10.2 Å². The first-order chi connectivity index (χ1) is 9.88. The first-order valence-electron chi connectivity index (χ1n) is 6.17. The van der Waals surface area contributed by atoms with E-state index in [9.17, 15) is 9.59 Å². The second kappa shape index (κ2) is 5.92. The highest BCUT2D eigenvalue weighted by Crippen LogP contribution is 2.28. The van der Waals surface area contributed by atoms with Gasteiger partial charge < -0.3 is 15.3 Å². The van der Waals surface area contributed by atoms with Crippen LogP contribution in [0, 0.1) is 6.92 Å². The number of amides is 1. The smallest absolute Gasteiger partial charge is 0.338 e. The molecule has 2 rings (SSSR count). The standard InChI is InChI=1S/C14H15N3O3S/c1-8-6-10(14(19)20)13(21-8)16-12(18)9-4-5-11(15-7-9)17(2)3/h4-7H,1-3H3,(H,16,18)(H,19,20). The normalized spacial score (nSPS) is 10.2. The fourth-order valence-corrected chi connectivity index (χ4v) is 2.62. The van der Waals surface area contributed by atoms with E-state index >= 15 is 0 Å². The molecule has 0 saturated heterocycles. The van der Waals surface area contributed by atoms with Gasteiger partial charge in [0.1, 0.15) is 10.8 Å². The largest absolute Gasteiger partial charge is 0.478 e. The Morgan fingerprint density at radius 2 is 2.05 bits per heavy atom. The molecule has 110 valence electrons. The molecule has 0 aromatic carbocycles. The van der Waals surface area contributed by atoms with Crippen LogP contribution in [0.4, 0.5) is 10.8 Å². The zero-order chi connectivity index (χ0) is 15.6. The maximum atomic E-state index is 12.1. The molecule has 7 heteroatoms. The van der Waals surface area contributed by atoms with Gasteiger partial charge in [-0.25, -0.2) is 9.78 Å². The lowest BCUT2D eigenvalue weighted by Gasteiger charge is -2.11. The minimum atomic E-state index is -1.06. The number of aryl methyl sites for hydroxylation is 1. The first-order valence-corrected chi connectivity index (χ1v) is 6.98. The number of aromatic nitrogens is 1. The Bertz CT molecular complexity index is 677. The third-order valence-electron chi connectivity index (χ3n) is 2.78. The SMILES string of the molecule is Cc1cc(C(=O)O)c(NC(=O)c2ccc(N(C)C)nc2)s1. The number of pyridine rings is 1. The van der Waals surface area contributed by atoms with Crippen LogP contribution in [-0.2, 0) is 0 Å². The van der Waals surface area contributed by atoms with Gasteiger partial charge in [-0.3, -0.25) is 4.79 Å². The fraction of sp³-hybridized carbons (Fsp3) is 0.214. The fourth-order valence-electron chi connectivity index (χ4n) is 1.73. The van der Waals surface area contributed by atoms with Crippen LogP contribution in [-0.4, -0.2) is 36.1 Å². The van der Waals surface area contributed by atoms with E-state index in [1.165, 1.54) is 23.6 Å². The van der Waals surface area contributed by atoms with Crippen LogP contribution >= 0.6 is 11.3 Å². The van der Waals surface area contributed by atoms with Crippen molar-refractivity contribution in [1.29, 1.82) is 0 Å². The molecule has 2 aromatic heterocycles. The minimum absolute atomic E-state index is 0.101. The summed E-state index contributed by atoms with van der Waals surface area (Å²) in [6.45, 7) is 1.79. The van der Waals surface area contributed by atoms with Gasteiger partial charge in [-0.05, 0) is 25.1 Å². The highest BCUT2D eigenvalue weighted by molar-refractivity contribution is 7.16. The van der Waals surface area contributed by atoms with Crippen LogP contribution in [0.2, 0.25) is 0 Å². The van der Waals surface area contributed by atoms with Crippen molar-refractivity contribution in [2.24, 2.45) is 0 Å². The van der Waals surface area contributed by atoms with Crippen molar-refractivity contribution >= 4 is 34.0 Å². The molecule has 0 bridgehead atoms. The Hall–Kier alpha value is -2.41. The summed E-state index contributed by atoms with van der Waals surface area (Å²) in [6.07, 6.45) is 1.46. The molecule has 0 aliphatic heterocycles. The van der Waals surface area contributed by atoms with E-state index in [1.807, 2.05) is 19.0 Å². The lowest BCUT2D eigenvalue weighted by Crippen LogP contribution is -2.15. The summed E-state index contributed by atoms with van der Waals surface area (Å²) in [4.78, 5) is 30.0. The maximum absolute atomic E-state index is 12.1. The summed E-state index contributed by atoms with van der Waals surface area (Å²) < 4.78 is 0. The average Bonchev–Trinajstić information content (AvgIpc) is 2.80. The van der Waals surface area contributed by atoms with Crippen molar-refractivity contribution in [3.05, 3.63) is 40.4 Å². The van der Waals surface area contributed by atoms with Crippen molar-refractivity contribution in [2.75, 3.05) is 24.3 Å². The summed E-state index contributed by atoms with van der Waals surface area (Å²) in [7, 11) is 3.71. The molecule has 2 heterocycles. The number of carboxylic acids is 1. The molecule has 0 radical (unpaired) electrons. The molecular formula is C14H15N3O3S. The summed E-state index contributed by atoms with van der Waals surface area (Å²) in [5.74, 6) is -0.697. The molecule has 0 unspecified atom stereocenters. The molecule has 0 atom stereocenters. The summed E-state index contributed by atoms with van der Waals surface area (Å²) >= 11 is 1.23.